The van der Waals surface area contributed by atoms with Crippen molar-refractivity contribution in [2.24, 2.45) is 4.99 Å². The van der Waals surface area contributed by atoms with E-state index in [9.17, 15) is 0 Å². The fraction of sp³-hybridized carbons (Fsp3) is 0.286. The molecule has 16 heavy (non-hydrogen) atoms. The minimum absolute atomic E-state index is 0.0533. The first-order valence-electron chi connectivity index (χ1n) is 5.07. The summed E-state index contributed by atoms with van der Waals surface area (Å²) in [7, 11) is 0. The van der Waals surface area contributed by atoms with Gasteiger partial charge in [0.1, 0.15) is 0 Å². The van der Waals surface area contributed by atoms with E-state index in [2.05, 4.69) is 49.6 Å². The summed E-state index contributed by atoms with van der Waals surface area (Å²) in [6.07, 6.45) is 5.22. The number of nitrogens with one attached hydrogen (secondary N) is 1. The first-order chi connectivity index (χ1) is 7.47. The minimum Gasteiger partial charge on any atom is -0.315 e. The molecule has 0 spiro atoms. The number of benzene rings is 1. The van der Waals surface area contributed by atoms with Gasteiger partial charge >= 0.3 is 0 Å². The van der Waals surface area contributed by atoms with E-state index < -0.39 is 0 Å². The van der Waals surface area contributed by atoms with Crippen molar-refractivity contribution < 1.29 is 0 Å². The van der Waals surface area contributed by atoms with E-state index in [4.69, 9.17) is 6.42 Å². The van der Waals surface area contributed by atoms with Crippen molar-refractivity contribution in [1.29, 1.82) is 0 Å². The van der Waals surface area contributed by atoms with Gasteiger partial charge in [-0.25, -0.2) is 4.99 Å². The molecule has 0 radical (unpaired) electrons. The van der Waals surface area contributed by atoms with Crippen molar-refractivity contribution in [1.82, 2.24) is 0 Å². The Morgan fingerprint density at radius 3 is 2.50 bits per heavy atom. The van der Waals surface area contributed by atoms with Crippen molar-refractivity contribution in [3.05, 3.63) is 30.3 Å². The van der Waals surface area contributed by atoms with Crippen molar-refractivity contribution >= 4 is 17.2 Å². The van der Waals surface area contributed by atoms with E-state index in [0.717, 1.165) is 11.4 Å². The second kappa shape index (κ2) is 4.70. The molecule has 0 heterocycles. The van der Waals surface area contributed by atoms with Gasteiger partial charge in [0.2, 0.25) is 0 Å². The van der Waals surface area contributed by atoms with Crippen LogP contribution < -0.4 is 5.32 Å². The molecular formula is C14H16N2. The lowest BCUT2D eigenvalue weighted by Gasteiger charge is -2.20. The van der Waals surface area contributed by atoms with Gasteiger partial charge in [-0.15, -0.1) is 0 Å². The van der Waals surface area contributed by atoms with Crippen LogP contribution in [0.5, 0.6) is 0 Å². The molecule has 2 heteroatoms. The van der Waals surface area contributed by atoms with Crippen LogP contribution >= 0.6 is 0 Å². The summed E-state index contributed by atoms with van der Waals surface area (Å²) in [5.74, 6) is 2.53. The summed E-state index contributed by atoms with van der Waals surface area (Å²) >= 11 is 0. The Kier molecular flexibility index (Phi) is 3.55. The van der Waals surface area contributed by atoms with Crippen LogP contribution in [0.3, 0.4) is 0 Å². The molecule has 0 aromatic heterocycles. The van der Waals surface area contributed by atoms with Crippen molar-refractivity contribution in [2.75, 3.05) is 5.32 Å². The van der Waals surface area contributed by atoms with Crippen LogP contribution in [0.25, 0.3) is 0 Å². The number of rotatable bonds is 2. The summed E-state index contributed by atoms with van der Waals surface area (Å²) in [6.45, 7) is 9.90. The molecule has 2 nitrogen and oxygen atoms in total. The zero-order chi connectivity index (χ0) is 12.2. The first-order valence-corrected chi connectivity index (χ1v) is 5.07. The monoisotopic (exact) mass is 212 g/mol. The highest BCUT2D eigenvalue weighted by Gasteiger charge is 2.15. The molecule has 1 rings (SSSR count). The first kappa shape index (κ1) is 12.1. The highest BCUT2D eigenvalue weighted by molar-refractivity contribution is 5.63. The highest BCUT2D eigenvalue weighted by atomic mass is 14.8. The summed E-state index contributed by atoms with van der Waals surface area (Å²) in [4.78, 5) is 4.05. The topological polar surface area (TPSA) is 24.4 Å². The van der Waals surface area contributed by atoms with Crippen LogP contribution in [0.4, 0.5) is 11.4 Å². The van der Waals surface area contributed by atoms with Crippen molar-refractivity contribution in [3.63, 3.8) is 0 Å². The van der Waals surface area contributed by atoms with E-state index in [-0.39, 0.29) is 5.41 Å². The second-order valence-electron chi connectivity index (χ2n) is 4.56. The number of anilines is 1. The average molecular weight is 212 g/mol. The Balaban J connectivity index is 3.30. The molecule has 0 atom stereocenters. The van der Waals surface area contributed by atoms with Crippen LogP contribution in [0, 0.1) is 12.5 Å². The Morgan fingerprint density at radius 1 is 1.31 bits per heavy atom. The number of hydrogen-bond donors (Lipinski definition) is 1. The van der Waals surface area contributed by atoms with Gasteiger partial charge in [-0.1, -0.05) is 27.2 Å². The number of nitrogens with zero attached hydrogens (tertiary/aromatic N) is 1. The van der Waals surface area contributed by atoms with Gasteiger partial charge in [0.15, 0.2) is 0 Å². The Hall–Kier alpha value is -1.97. The Morgan fingerprint density at radius 2 is 2.00 bits per heavy atom. The molecule has 82 valence electrons. The van der Waals surface area contributed by atoms with E-state index in [1.165, 1.54) is 5.56 Å². The molecule has 0 aliphatic rings. The molecule has 0 bridgehead atoms. The predicted octanol–water partition coefficient (Wildman–Crippen LogP) is 3.47. The molecule has 0 saturated heterocycles. The van der Waals surface area contributed by atoms with Crippen LogP contribution in [0.2, 0.25) is 0 Å². The van der Waals surface area contributed by atoms with E-state index in [1.807, 2.05) is 18.2 Å². The van der Waals surface area contributed by atoms with Gasteiger partial charge in [-0.3, -0.25) is 0 Å². The molecule has 0 aliphatic heterocycles. The molecule has 0 unspecified atom stereocenters. The van der Waals surface area contributed by atoms with Crippen LogP contribution in [0.1, 0.15) is 26.3 Å². The zero-order valence-electron chi connectivity index (χ0n) is 9.96. The lowest BCUT2D eigenvalue weighted by atomic mass is 9.86. The number of terminal acetylenes is 1. The molecule has 0 fully saturated rings. The SMILES string of the molecule is C#CNc1cc(N=C=C)cc(C(C)(C)C)c1. The molecule has 0 amide bonds. The van der Waals surface area contributed by atoms with Crippen LogP contribution in [-0.4, -0.2) is 5.87 Å². The molecule has 1 aromatic rings. The number of aliphatic imine (C=N–C) groups is 1. The molecule has 1 N–H and O–H groups in total. The number of hydrogen-bond acceptors (Lipinski definition) is 2. The van der Waals surface area contributed by atoms with Gasteiger partial charge in [0.05, 0.1) is 5.69 Å². The highest BCUT2D eigenvalue weighted by Crippen LogP contribution is 2.29. The average Bonchev–Trinajstić information content (AvgIpc) is 2.17. The summed E-state index contributed by atoms with van der Waals surface area (Å²) in [6, 6.07) is 8.32. The lowest BCUT2D eigenvalue weighted by molar-refractivity contribution is 0.590. The van der Waals surface area contributed by atoms with Gasteiger partial charge in [0, 0.05) is 11.7 Å². The van der Waals surface area contributed by atoms with Gasteiger partial charge < -0.3 is 5.32 Å². The minimum atomic E-state index is 0.0533. The second-order valence-corrected chi connectivity index (χ2v) is 4.56. The molecule has 0 aliphatic carbocycles. The van der Waals surface area contributed by atoms with E-state index >= 15 is 0 Å². The fourth-order valence-corrected chi connectivity index (χ4v) is 1.36. The summed E-state index contributed by atoms with van der Waals surface area (Å²) in [5.41, 5.74) is 2.89. The van der Waals surface area contributed by atoms with Crippen LogP contribution in [-0.2, 0) is 5.41 Å². The third-order valence-corrected chi connectivity index (χ3v) is 2.21. The standard InChI is InChI=1S/C14H16N2/c1-6-15-12-8-11(14(3,4)5)9-13(10-12)16-7-2/h1,8-10,15H,2H2,3-5H3. The largest absolute Gasteiger partial charge is 0.315 e. The van der Waals surface area contributed by atoms with Crippen molar-refractivity contribution in [2.45, 2.75) is 26.2 Å². The van der Waals surface area contributed by atoms with Crippen molar-refractivity contribution in [3.8, 4) is 12.5 Å². The maximum Gasteiger partial charge on any atom is 0.0753 e. The maximum atomic E-state index is 5.22. The molecular weight excluding hydrogens is 196 g/mol. The fourth-order valence-electron chi connectivity index (χ4n) is 1.36. The van der Waals surface area contributed by atoms with Gasteiger partial charge in [0.25, 0.3) is 0 Å². The normalized spacial score (nSPS) is 10.1. The van der Waals surface area contributed by atoms with Gasteiger partial charge in [-0.05, 0) is 41.6 Å². The predicted molar refractivity (Wildman–Crippen MR) is 70.3 cm³/mol. The quantitative estimate of drug-likeness (QED) is 0.453. The summed E-state index contributed by atoms with van der Waals surface area (Å²) < 4.78 is 0. The van der Waals surface area contributed by atoms with E-state index in [1.54, 1.807) is 0 Å². The van der Waals surface area contributed by atoms with Crippen LogP contribution in [0.15, 0.2) is 29.8 Å². The lowest BCUT2D eigenvalue weighted by Crippen LogP contribution is -2.11. The zero-order valence-corrected chi connectivity index (χ0v) is 9.96. The Bertz CT molecular complexity index is 466. The third-order valence-electron chi connectivity index (χ3n) is 2.21. The maximum absolute atomic E-state index is 5.22. The Labute approximate surface area is 97.1 Å². The van der Waals surface area contributed by atoms with Gasteiger partial charge in [-0.2, -0.15) is 0 Å². The molecule has 1 aromatic carbocycles. The van der Waals surface area contributed by atoms with E-state index in [0.29, 0.717) is 0 Å². The summed E-state index contributed by atoms with van der Waals surface area (Å²) in [5, 5.41) is 2.84. The third kappa shape index (κ3) is 3.02. The molecule has 0 saturated carbocycles. The smallest absolute Gasteiger partial charge is 0.0753 e.